The zero-order chi connectivity index (χ0) is 14.0. The molecular formula is C13H20N4O2. The van der Waals surface area contributed by atoms with Crippen LogP contribution in [0.15, 0.2) is 17.2 Å². The summed E-state index contributed by atoms with van der Waals surface area (Å²) in [7, 11) is 1.74. The summed E-state index contributed by atoms with van der Waals surface area (Å²) in [5.74, 6) is 0.199. The average molecular weight is 264 g/mol. The third-order valence-electron chi connectivity index (χ3n) is 3.38. The highest BCUT2D eigenvalue weighted by Gasteiger charge is 2.26. The van der Waals surface area contributed by atoms with E-state index >= 15 is 0 Å². The molecule has 1 saturated carbocycles. The van der Waals surface area contributed by atoms with Gasteiger partial charge in [-0.3, -0.25) is 9.59 Å². The highest BCUT2D eigenvalue weighted by Crippen LogP contribution is 2.33. The number of nitrogens with zero attached hydrogens (tertiary/aromatic N) is 3. The van der Waals surface area contributed by atoms with Crippen molar-refractivity contribution in [3.05, 3.63) is 22.7 Å². The van der Waals surface area contributed by atoms with Gasteiger partial charge in [0.2, 0.25) is 5.91 Å². The molecule has 0 saturated heterocycles. The molecule has 6 nitrogen and oxygen atoms in total. The number of carbonyl (C=O) groups excluding carboxylic acids is 1. The molecule has 1 atom stereocenters. The van der Waals surface area contributed by atoms with Crippen molar-refractivity contribution in [2.75, 3.05) is 18.9 Å². The van der Waals surface area contributed by atoms with Gasteiger partial charge in [0.25, 0.3) is 5.56 Å². The lowest BCUT2D eigenvalue weighted by atomic mass is 10.3. The van der Waals surface area contributed by atoms with E-state index < -0.39 is 6.04 Å². The van der Waals surface area contributed by atoms with Crippen LogP contribution in [-0.4, -0.2) is 40.0 Å². The molecule has 1 aliphatic rings. The van der Waals surface area contributed by atoms with Gasteiger partial charge >= 0.3 is 0 Å². The summed E-state index contributed by atoms with van der Waals surface area (Å²) in [5.41, 5.74) is -0.149. The molecule has 1 unspecified atom stereocenters. The maximum Gasteiger partial charge on any atom is 0.293 e. The van der Waals surface area contributed by atoms with Gasteiger partial charge in [-0.05, 0) is 26.7 Å². The van der Waals surface area contributed by atoms with Gasteiger partial charge in [0, 0.05) is 32.0 Å². The van der Waals surface area contributed by atoms with Crippen LogP contribution in [-0.2, 0) is 4.79 Å². The minimum Gasteiger partial charge on any atom is -0.354 e. The molecule has 6 heteroatoms. The van der Waals surface area contributed by atoms with Gasteiger partial charge in [-0.25, -0.2) is 4.98 Å². The van der Waals surface area contributed by atoms with Crippen molar-refractivity contribution in [3.63, 3.8) is 0 Å². The van der Waals surface area contributed by atoms with Crippen LogP contribution in [0, 0.1) is 0 Å². The Labute approximate surface area is 112 Å². The van der Waals surface area contributed by atoms with Crippen LogP contribution in [0.1, 0.15) is 32.7 Å². The Morgan fingerprint density at radius 2 is 2.32 bits per heavy atom. The van der Waals surface area contributed by atoms with Crippen molar-refractivity contribution in [2.24, 2.45) is 0 Å². The minimum absolute atomic E-state index is 0.0504. The summed E-state index contributed by atoms with van der Waals surface area (Å²) in [6, 6.07) is -0.152. The quantitative estimate of drug-likeness (QED) is 0.856. The molecule has 0 spiro atoms. The number of carbonyl (C=O) groups is 1. The fourth-order valence-electron chi connectivity index (χ4n) is 1.92. The van der Waals surface area contributed by atoms with Crippen molar-refractivity contribution >= 4 is 11.7 Å². The number of aromatic nitrogens is 2. The lowest BCUT2D eigenvalue weighted by Gasteiger charge is -2.20. The van der Waals surface area contributed by atoms with Gasteiger partial charge in [-0.2, -0.15) is 0 Å². The number of amides is 1. The Kier molecular flexibility index (Phi) is 3.87. The van der Waals surface area contributed by atoms with Crippen molar-refractivity contribution in [1.82, 2.24) is 14.5 Å². The molecular weight excluding hydrogens is 244 g/mol. The third kappa shape index (κ3) is 2.94. The normalized spacial score (nSPS) is 15.9. The van der Waals surface area contributed by atoms with Crippen LogP contribution in [0.25, 0.3) is 0 Å². The monoisotopic (exact) mass is 264 g/mol. The van der Waals surface area contributed by atoms with Crippen molar-refractivity contribution < 1.29 is 4.79 Å². The Balaban J connectivity index is 2.13. The number of anilines is 1. The van der Waals surface area contributed by atoms with E-state index in [0.717, 1.165) is 12.8 Å². The van der Waals surface area contributed by atoms with Gasteiger partial charge < -0.3 is 14.8 Å². The van der Waals surface area contributed by atoms with Gasteiger partial charge in [0.05, 0.1) is 0 Å². The van der Waals surface area contributed by atoms with Gasteiger partial charge in [-0.1, -0.05) is 0 Å². The van der Waals surface area contributed by atoms with Crippen LogP contribution in [0.4, 0.5) is 5.82 Å². The predicted molar refractivity (Wildman–Crippen MR) is 73.2 cm³/mol. The van der Waals surface area contributed by atoms with E-state index in [0.29, 0.717) is 12.6 Å². The summed E-state index contributed by atoms with van der Waals surface area (Å²) in [6.45, 7) is 4.29. The van der Waals surface area contributed by atoms with E-state index in [1.807, 2.05) is 6.92 Å². The molecule has 1 aromatic rings. The lowest BCUT2D eigenvalue weighted by Crippen LogP contribution is -2.40. The third-order valence-corrected chi connectivity index (χ3v) is 3.38. The van der Waals surface area contributed by atoms with Crippen molar-refractivity contribution in [1.29, 1.82) is 0 Å². The Hall–Kier alpha value is -1.85. The van der Waals surface area contributed by atoms with E-state index in [2.05, 4.69) is 10.3 Å². The molecule has 1 N–H and O–H groups in total. The number of hydrogen-bond acceptors (Lipinski definition) is 4. The zero-order valence-electron chi connectivity index (χ0n) is 11.6. The first-order valence-electron chi connectivity index (χ1n) is 6.63. The minimum atomic E-state index is -0.458. The van der Waals surface area contributed by atoms with Crippen LogP contribution >= 0.6 is 0 Å². The molecule has 0 aromatic carbocycles. The molecule has 1 fully saturated rings. The molecule has 2 rings (SSSR count). The average Bonchev–Trinajstić information content (AvgIpc) is 3.23. The van der Waals surface area contributed by atoms with Gasteiger partial charge in [0.15, 0.2) is 5.82 Å². The number of likely N-dealkylation sites (N-methyl/N-ethyl adjacent to an activating group) is 1. The topological polar surface area (TPSA) is 67.2 Å². The van der Waals surface area contributed by atoms with E-state index in [1.54, 1.807) is 35.8 Å². The molecule has 1 amide bonds. The summed E-state index contributed by atoms with van der Waals surface area (Å²) in [5, 5.41) is 2.91. The second kappa shape index (κ2) is 5.42. The predicted octanol–water partition coefficient (Wildman–Crippen LogP) is 0.857. The second-order valence-electron chi connectivity index (χ2n) is 4.94. The standard InChI is InChI=1S/C13H20N4O2/c1-4-16(3)12(18)9(2)15-11-13(19)17(8-7-14-11)10-5-6-10/h7-10H,4-6H2,1-3H3,(H,14,15). The molecule has 1 aliphatic carbocycles. The summed E-state index contributed by atoms with van der Waals surface area (Å²) < 4.78 is 1.69. The Bertz CT molecular complexity index is 522. The van der Waals surface area contributed by atoms with Crippen LogP contribution in [0.5, 0.6) is 0 Å². The maximum absolute atomic E-state index is 12.2. The van der Waals surface area contributed by atoms with E-state index in [4.69, 9.17) is 0 Å². The summed E-state index contributed by atoms with van der Waals surface area (Å²) >= 11 is 0. The molecule has 1 heterocycles. The van der Waals surface area contributed by atoms with E-state index in [9.17, 15) is 9.59 Å². The van der Waals surface area contributed by atoms with Gasteiger partial charge in [-0.15, -0.1) is 0 Å². The fraction of sp³-hybridized carbons (Fsp3) is 0.615. The lowest BCUT2D eigenvalue weighted by molar-refractivity contribution is -0.130. The van der Waals surface area contributed by atoms with Crippen LogP contribution < -0.4 is 10.9 Å². The van der Waals surface area contributed by atoms with Crippen LogP contribution in [0.3, 0.4) is 0 Å². The second-order valence-corrected chi connectivity index (χ2v) is 4.94. The van der Waals surface area contributed by atoms with E-state index in [1.165, 1.54) is 0 Å². The largest absolute Gasteiger partial charge is 0.354 e. The number of nitrogens with one attached hydrogen (secondary N) is 1. The van der Waals surface area contributed by atoms with Crippen molar-refractivity contribution in [2.45, 2.75) is 38.8 Å². The molecule has 1 aromatic heterocycles. The highest BCUT2D eigenvalue weighted by molar-refractivity contribution is 5.83. The summed E-state index contributed by atoms with van der Waals surface area (Å²) in [4.78, 5) is 29.8. The Morgan fingerprint density at radius 3 is 2.89 bits per heavy atom. The summed E-state index contributed by atoms with van der Waals surface area (Å²) in [6.07, 6.45) is 5.38. The molecule has 19 heavy (non-hydrogen) atoms. The van der Waals surface area contributed by atoms with E-state index in [-0.39, 0.29) is 17.3 Å². The van der Waals surface area contributed by atoms with Gasteiger partial charge in [0.1, 0.15) is 6.04 Å². The smallest absolute Gasteiger partial charge is 0.293 e. The Morgan fingerprint density at radius 1 is 1.63 bits per heavy atom. The fourth-order valence-corrected chi connectivity index (χ4v) is 1.92. The SMILES string of the molecule is CCN(C)C(=O)C(C)Nc1nccn(C2CC2)c1=O. The molecule has 104 valence electrons. The molecule has 0 aliphatic heterocycles. The van der Waals surface area contributed by atoms with Crippen molar-refractivity contribution in [3.8, 4) is 0 Å². The first-order valence-corrected chi connectivity index (χ1v) is 6.63. The van der Waals surface area contributed by atoms with Crippen LogP contribution in [0.2, 0.25) is 0 Å². The maximum atomic E-state index is 12.2. The molecule has 0 radical (unpaired) electrons. The first kappa shape index (κ1) is 13.6. The molecule has 0 bridgehead atoms. The highest BCUT2D eigenvalue weighted by atomic mass is 16.2. The first-order chi connectivity index (χ1) is 9.04. The number of hydrogen-bond donors (Lipinski definition) is 1. The zero-order valence-corrected chi connectivity index (χ0v) is 11.6. The number of rotatable bonds is 5.